The van der Waals surface area contributed by atoms with Crippen LogP contribution in [0.1, 0.15) is 32.9 Å². The van der Waals surface area contributed by atoms with Crippen molar-refractivity contribution >= 4 is 11.8 Å². The second-order valence-electron chi connectivity index (χ2n) is 4.20. The zero-order chi connectivity index (χ0) is 11.5. The molecule has 0 aliphatic rings. The minimum absolute atomic E-state index is 0.116. The van der Waals surface area contributed by atoms with E-state index in [4.69, 9.17) is 0 Å². The third-order valence-corrected chi connectivity index (χ3v) is 2.89. The van der Waals surface area contributed by atoms with Gasteiger partial charge in [-0.3, -0.25) is 0 Å². The van der Waals surface area contributed by atoms with Gasteiger partial charge in [-0.05, 0) is 38.6 Å². The number of nitrogens with one attached hydrogen (secondary N) is 1. The summed E-state index contributed by atoms with van der Waals surface area (Å²) >= 11 is 0. The lowest BCUT2D eigenvalue weighted by Gasteiger charge is -2.27. The summed E-state index contributed by atoms with van der Waals surface area (Å²) in [7, 11) is 0. The highest BCUT2D eigenvalue weighted by molar-refractivity contribution is 5.64. The third kappa shape index (κ3) is 2.14. The number of aromatic nitrogens is 1. The van der Waals surface area contributed by atoms with E-state index in [0.29, 0.717) is 0 Å². The van der Waals surface area contributed by atoms with Gasteiger partial charge < -0.3 is 9.88 Å². The Labute approximate surface area is 92.3 Å². The first kappa shape index (κ1) is 11.6. The Bertz CT molecular complexity index is 359. The van der Waals surface area contributed by atoms with Gasteiger partial charge in [0.15, 0.2) is 0 Å². The summed E-state index contributed by atoms with van der Waals surface area (Å²) < 4.78 is 2.24. The van der Waals surface area contributed by atoms with Crippen molar-refractivity contribution in [2.45, 2.75) is 32.7 Å². The lowest BCUT2D eigenvalue weighted by Crippen LogP contribution is -2.25. The maximum Gasteiger partial charge on any atom is 0.0644 e. The summed E-state index contributed by atoms with van der Waals surface area (Å²) in [6, 6.07) is 2.05. The van der Waals surface area contributed by atoms with Crippen LogP contribution < -0.4 is 5.32 Å². The molecule has 1 aromatic heterocycles. The van der Waals surface area contributed by atoms with Crippen molar-refractivity contribution in [1.29, 1.82) is 0 Å². The van der Waals surface area contributed by atoms with E-state index in [0.717, 1.165) is 17.8 Å². The topological polar surface area (TPSA) is 17.0 Å². The van der Waals surface area contributed by atoms with Crippen LogP contribution >= 0.6 is 0 Å². The van der Waals surface area contributed by atoms with Crippen LogP contribution in [-0.4, -0.2) is 4.57 Å². The molecule has 0 radical (unpaired) electrons. The van der Waals surface area contributed by atoms with E-state index in [9.17, 15) is 0 Å². The molecule has 0 amide bonds. The molecule has 0 unspecified atom stereocenters. The fraction of sp³-hybridized carbons (Fsp3) is 0.385. The number of hydrogen-bond donors (Lipinski definition) is 1. The molecule has 1 rings (SSSR count). The van der Waals surface area contributed by atoms with Crippen molar-refractivity contribution in [3.8, 4) is 0 Å². The highest BCUT2D eigenvalue weighted by Crippen LogP contribution is 2.28. The fourth-order valence-electron chi connectivity index (χ4n) is 1.58. The van der Waals surface area contributed by atoms with Gasteiger partial charge in [0.25, 0.3) is 0 Å². The lowest BCUT2D eigenvalue weighted by atomic mass is 10.0. The average Bonchev–Trinajstić information content (AvgIpc) is 2.62. The van der Waals surface area contributed by atoms with Crippen molar-refractivity contribution in [1.82, 2.24) is 4.57 Å². The normalized spacial score (nSPS) is 11.1. The monoisotopic (exact) mass is 204 g/mol. The van der Waals surface area contributed by atoms with Crippen LogP contribution in [0.15, 0.2) is 31.6 Å². The van der Waals surface area contributed by atoms with Crippen molar-refractivity contribution in [3.63, 3.8) is 0 Å². The highest BCUT2D eigenvalue weighted by Gasteiger charge is 2.20. The quantitative estimate of drug-likeness (QED) is 0.771. The van der Waals surface area contributed by atoms with Crippen LogP contribution in [0.3, 0.4) is 0 Å². The Kier molecular flexibility index (Phi) is 3.40. The molecular formula is C13H20N2. The first-order valence-corrected chi connectivity index (χ1v) is 5.28. The van der Waals surface area contributed by atoms with E-state index >= 15 is 0 Å². The van der Waals surface area contributed by atoms with Gasteiger partial charge in [-0.1, -0.05) is 20.1 Å². The summed E-state index contributed by atoms with van der Waals surface area (Å²) in [4.78, 5) is 0. The lowest BCUT2D eigenvalue weighted by molar-refractivity contribution is 0.342. The third-order valence-electron chi connectivity index (χ3n) is 2.89. The zero-order valence-electron chi connectivity index (χ0n) is 9.88. The molecule has 2 nitrogen and oxygen atoms in total. The van der Waals surface area contributed by atoms with Crippen molar-refractivity contribution < 1.29 is 0 Å². The standard InChI is InChI=1S/C13H20N2/c1-6-12-11(14-8-3)9-10-15(12)13(4,5)7-2/h6,8-10,14H,1,3,7H2,2,4-5H3. The Morgan fingerprint density at radius 2 is 2.13 bits per heavy atom. The maximum absolute atomic E-state index is 3.86. The van der Waals surface area contributed by atoms with E-state index < -0.39 is 0 Å². The van der Waals surface area contributed by atoms with Gasteiger partial charge in [-0.15, -0.1) is 0 Å². The maximum atomic E-state index is 3.86. The molecule has 82 valence electrons. The van der Waals surface area contributed by atoms with Crippen molar-refractivity contribution in [2.75, 3.05) is 5.32 Å². The van der Waals surface area contributed by atoms with Crippen molar-refractivity contribution in [2.24, 2.45) is 0 Å². The predicted molar refractivity (Wildman–Crippen MR) is 68.0 cm³/mol. The molecular weight excluding hydrogens is 184 g/mol. The molecule has 0 aliphatic heterocycles. The molecule has 15 heavy (non-hydrogen) atoms. The molecule has 1 heterocycles. The molecule has 0 fully saturated rings. The van der Waals surface area contributed by atoms with E-state index in [-0.39, 0.29) is 5.54 Å². The van der Waals surface area contributed by atoms with Gasteiger partial charge >= 0.3 is 0 Å². The molecule has 1 aromatic rings. The second kappa shape index (κ2) is 4.39. The summed E-state index contributed by atoms with van der Waals surface area (Å²) in [5.74, 6) is 0. The molecule has 0 aromatic carbocycles. The van der Waals surface area contributed by atoms with Crippen molar-refractivity contribution in [3.05, 3.63) is 37.3 Å². The number of nitrogens with zero attached hydrogens (tertiary/aromatic N) is 1. The molecule has 0 atom stereocenters. The van der Waals surface area contributed by atoms with Crippen LogP contribution in [0.2, 0.25) is 0 Å². The van der Waals surface area contributed by atoms with Crippen LogP contribution in [0, 0.1) is 0 Å². The minimum atomic E-state index is 0.116. The second-order valence-corrected chi connectivity index (χ2v) is 4.20. The van der Waals surface area contributed by atoms with E-state index in [1.807, 2.05) is 6.08 Å². The van der Waals surface area contributed by atoms with E-state index in [1.54, 1.807) is 6.20 Å². The Morgan fingerprint density at radius 1 is 1.47 bits per heavy atom. The minimum Gasteiger partial charge on any atom is -0.361 e. The largest absolute Gasteiger partial charge is 0.361 e. The molecule has 0 bridgehead atoms. The number of rotatable bonds is 5. The van der Waals surface area contributed by atoms with E-state index in [2.05, 4.69) is 56.1 Å². The van der Waals surface area contributed by atoms with Gasteiger partial charge in [0.05, 0.1) is 11.4 Å². The Balaban J connectivity index is 3.20. The number of hydrogen-bond acceptors (Lipinski definition) is 1. The predicted octanol–water partition coefficient (Wildman–Crippen LogP) is 3.83. The smallest absolute Gasteiger partial charge is 0.0644 e. The molecule has 0 saturated carbocycles. The van der Waals surface area contributed by atoms with Crippen LogP contribution in [0.4, 0.5) is 5.69 Å². The average molecular weight is 204 g/mol. The SMILES string of the molecule is C=CNc1ccn(C(C)(C)CC)c1C=C. The van der Waals surface area contributed by atoms with Crippen LogP contribution in [0.25, 0.3) is 6.08 Å². The van der Waals surface area contributed by atoms with Gasteiger partial charge in [0, 0.05) is 11.7 Å². The van der Waals surface area contributed by atoms with Crippen LogP contribution in [-0.2, 0) is 5.54 Å². The highest BCUT2D eigenvalue weighted by atomic mass is 15.1. The Morgan fingerprint density at radius 3 is 2.60 bits per heavy atom. The summed E-state index contributed by atoms with van der Waals surface area (Å²) in [5.41, 5.74) is 2.29. The van der Waals surface area contributed by atoms with E-state index in [1.165, 1.54) is 0 Å². The first-order valence-electron chi connectivity index (χ1n) is 5.28. The molecule has 1 N–H and O–H groups in total. The number of anilines is 1. The van der Waals surface area contributed by atoms with Gasteiger partial charge in [0.1, 0.15) is 0 Å². The van der Waals surface area contributed by atoms with Gasteiger partial charge in [-0.25, -0.2) is 0 Å². The molecule has 0 saturated heterocycles. The first-order chi connectivity index (χ1) is 7.06. The fourth-order valence-corrected chi connectivity index (χ4v) is 1.58. The molecule has 0 aliphatic carbocycles. The summed E-state index contributed by atoms with van der Waals surface area (Å²) in [6.07, 6.45) is 6.73. The van der Waals surface area contributed by atoms with Crippen LogP contribution in [0.5, 0.6) is 0 Å². The van der Waals surface area contributed by atoms with Gasteiger partial charge in [0.2, 0.25) is 0 Å². The summed E-state index contributed by atoms with van der Waals surface area (Å²) in [5, 5.41) is 3.12. The molecule has 2 heteroatoms. The molecule has 0 spiro atoms. The van der Waals surface area contributed by atoms with Gasteiger partial charge in [-0.2, -0.15) is 0 Å². The zero-order valence-corrected chi connectivity index (χ0v) is 9.88. The Hall–Kier alpha value is -1.44. The summed E-state index contributed by atoms with van der Waals surface area (Å²) in [6.45, 7) is 14.2.